The van der Waals surface area contributed by atoms with Crippen LogP contribution in [-0.2, 0) is 0 Å². The SMILES string of the molecule is N=C(N)C1CC(O)CCN1[N+](=O)[O-]. The van der Waals surface area contributed by atoms with Gasteiger partial charge in [0.2, 0.25) is 0 Å². The van der Waals surface area contributed by atoms with Crippen molar-refractivity contribution in [2.24, 2.45) is 5.73 Å². The highest BCUT2D eigenvalue weighted by molar-refractivity contribution is 5.82. The second-order valence-electron chi connectivity index (χ2n) is 3.05. The zero-order valence-electron chi connectivity index (χ0n) is 7.01. The van der Waals surface area contributed by atoms with Crippen LogP contribution in [0.3, 0.4) is 0 Å². The van der Waals surface area contributed by atoms with Crippen LogP contribution in [0.4, 0.5) is 0 Å². The smallest absolute Gasteiger partial charge is 0.160 e. The van der Waals surface area contributed by atoms with Crippen LogP contribution in [0.1, 0.15) is 12.8 Å². The third kappa shape index (κ3) is 2.05. The van der Waals surface area contributed by atoms with Gasteiger partial charge in [0.25, 0.3) is 0 Å². The topological polar surface area (TPSA) is 116 Å². The predicted octanol–water partition coefficient (Wildman–Crippen LogP) is -1.06. The summed E-state index contributed by atoms with van der Waals surface area (Å²) in [5, 5.41) is 27.1. The fourth-order valence-corrected chi connectivity index (χ4v) is 1.42. The van der Waals surface area contributed by atoms with Gasteiger partial charge in [-0.25, -0.2) is 10.1 Å². The molecule has 2 atom stereocenters. The van der Waals surface area contributed by atoms with Crippen LogP contribution in [-0.4, -0.2) is 39.7 Å². The monoisotopic (exact) mass is 188 g/mol. The molecule has 7 nitrogen and oxygen atoms in total. The van der Waals surface area contributed by atoms with Crippen LogP contribution < -0.4 is 5.73 Å². The Morgan fingerprint density at radius 2 is 2.38 bits per heavy atom. The maximum atomic E-state index is 10.5. The number of hydrazine groups is 1. The van der Waals surface area contributed by atoms with E-state index in [1.54, 1.807) is 0 Å². The second-order valence-corrected chi connectivity index (χ2v) is 3.05. The summed E-state index contributed by atoms with van der Waals surface area (Å²) in [6, 6.07) is -0.765. The number of rotatable bonds is 2. The Kier molecular flexibility index (Phi) is 2.66. The molecular weight excluding hydrogens is 176 g/mol. The molecule has 0 radical (unpaired) electrons. The molecule has 0 amide bonds. The van der Waals surface area contributed by atoms with Gasteiger partial charge >= 0.3 is 0 Å². The lowest BCUT2D eigenvalue weighted by Gasteiger charge is -2.30. The molecule has 0 aromatic carbocycles. The van der Waals surface area contributed by atoms with Crippen molar-refractivity contribution in [3.63, 3.8) is 0 Å². The van der Waals surface area contributed by atoms with Gasteiger partial charge in [-0.2, -0.15) is 0 Å². The van der Waals surface area contributed by atoms with Gasteiger partial charge in [-0.05, 0) is 6.42 Å². The average Bonchev–Trinajstić information content (AvgIpc) is 2.03. The maximum absolute atomic E-state index is 10.5. The highest BCUT2D eigenvalue weighted by Gasteiger charge is 2.35. The maximum Gasteiger partial charge on any atom is 0.160 e. The summed E-state index contributed by atoms with van der Waals surface area (Å²) in [4.78, 5) is 10.5. The van der Waals surface area contributed by atoms with Crippen molar-refractivity contribution in [1.29, 1.82) is 5.41 Å². The highest BCUT2D eigenvalue weighted by atomic mass is 16.7. The molecule has 0 saturated carbocycles. The Balaban J connectivity index is 2.72. The molecule has 1 fully saturated rings. The predicted molar refractivity (Wildman–Crippen MR) is 44.6 cm³/mol. The summed E-state index contributed by atoms with van der Waals surface area (Å²) in [5.74, 6) is -0.268. The highest BCUT2D eigenvalue weighted by Crippen LogP contribution is 2.16. The van der Waals surface area contributed by atoms with Crippen molar-refractivity contribution in [2.45, 2.75) is 25.0 Å². The molecule has 0 spiro atoms. The fraction of sp³-hybridized carbons (Fsp3) is 0.833. The first kappa shape index (κ1) is 9.72. The van der Waals surface area contributed by atoms with E-state index in [2.05, 4.69) is 0 Å². The number of nitrogens with zero attached hydrogens (tertiary/aromatic N) is 2. The number of hydrogen-bond donors (Lipinski definition) is 3. The molecule has 2 unspecified atom stereocenters. The minimum atomic E-state index is -0.765. The quantitative estimate of drug-likeness (QED) is 0.221. The summed E-state index contributed by atoms with van der Waals surface area (Å²) in [6.07, 6.45) is -0.0775. The van der Waals surface area contributed by atoms with Crippen LogP contribution in [0.5, 0.6) is 0 Å². The molecule has 1 aliphatic heterocycles. The van der Waals surface area contributed by atoms with Crippen LogP contribution in [0.15, 0.2) is 0 Å². The standard InChI is InChI=1S/C6H12N4O3/c7-6(8)5-3-4(11)1-2-9(5)10(12)13/h4-5,11H,1-3H2,(H3,7,8). The number of nitrogens with one attached hydrogen (secondary N) is 1. The molecule has 0 aromatic rings. The number of hydrogen-bond acceptors (Lipinski definition) is 4. The van der Waals surface area contributed by atoms with Gasteiger partial charge in [0.05, 0.1) is 12.6 Å². The van der Waals surface area contributed by atoms with E-state index in [0.717, 1.165) is 5.01 Å². The zero-order chi connectivity index (χ0) is 10.0. The van der Waals surface area contributed by atoms with E-state index in [9.17, 15) is 15.2 Å². The molecule has 4 N–H and O–H groups in total. The van der Waals surface area contributed by atoms with Crippen LogP contribution in [0.25, 0.3) is 0 Å². The van der Waals surface area contributed by atoms with Crippen LogP contribution in [0, 0.1) is 15.5 Å². The number of amidine groups is 1. The van der Waals surface area contributed by atoms with Crippen molar-refractivity contribution in [2.75, 3.05) is 6.54 Å². The summed E-state index contributed by atoms with van der Waals surface area (Å²) in [7, 11) is 0. The number of aliphatic hydroxyl groups is 1. The van der Waals surface area contributed by atoms with E-state index < -0.39 is 17.2 Å². The molecule has 13 heavy (non-hydrogen) atoms. The number of piperidine rings is 1. The van der Waals surface area contributed by atoms with Gasteiger partial charge in [0.15, 0.2) is 5.03 Å². The van der Waals surface area contributed by atoms with E-state index in [-0.39, 0.29) is 18.8 Å². The Morgan fingerprint density at radius 3 is 2.85 bits per heavy atom. The van der Waals surface area contributed by atoms with Crippen molar-refractivity contribution >= 4 is 5.84 Å². The van der Waals surface area contributed by atoms with E-state index in [0.29, 0.717) is 6.42 Å². The van der Waals surface area contributed by atoms with Crippen molar-refractivity contribution in [3.05, 3.63) is 10.1 Å². The Bertz CT molecular complexity index is 232. The summed E-state index contributed by atoms with van der Waals surface area (Å²) in [5.41, 5.74) is 5.18. The molecule has 0 aliphatic carbocycles. The first-order valence-electron chi connectivity index (χ1n) is 3.95. The van der Waals surface area contributed by atoms with Crippen molar-refractivity contribution in [3.8, 4) is 0 Å². The average molecular weight is 188 g/mol. The molecule has 1 aliphatic rings. The van der Waals surface area contributed by atoms with E-state index in [1.807, 2.05) is 0 Å². The van der Waals surface area contributed by atoms with Gasteiger partial charge < -0.3 is 10.8 Å². The van der Waals surface area contributed by atoms with E-state index >= 15 is 0 Å². The third-order valence-corrected chi connectivity index (χ3v) is 2.12. The number of nitrogens with two attached hydrogens (primary N) is 1. The molecule has 7 heteroatoms. The van der Waals surface area contributed by atoms with Crippen molar-refractivity contribution < 1.29 is 10.1 Å². The molecule has 1 saturated heterocycles. The third-order valence-electron chi connectivity index (χ3n) is 2.12. The molecule has 0 aromatic heterocycles. The minimum absolute atomic E-state index is 0.137. The van der Waals surface area contributed by atoms with Crippen LogP contribution >= 0.6 is 0 Å². The Hall–Kier alpha value is -1.37. The molecule has 1 heterocycles. The fourth-order valence-electron chi connectivity index (χ4n) is 1.42. The van der Waals surface area contributed by atoms with Gasteiger partial charge in [0.1, 0.15) is 11.9 Å². The largest absolute Gasteiger partial charge is 0.393 e. The lowest BCUT2D eigenvalue weighted by atomic mass is 10.0. The van der Waals surface area contributed by atoms with Crippen LogP contribution in [0.2, 0.25) is 0 Å². The Labute approximate surface area is 74.8 Å². The molecule has 74 valence electrons. The van der Waals surface area contributed by atoms with E-state index in [1.165, 1.54) is 0 Å². The molecule has 0 bridgehead atoms. The summed E-state index contributed by atoms with van der Waals surface area (Å²) < 4.78 is 0. The number of aliphatic hydroxyl groups excluding tert-OH is 1. The lowest BCUT2D eigenvalue weighted by Crippen LogP contribution is -2.53. The lowest BCUT2D eigenvalue weighted by molar-refractivity contribution is -0.663. The van der Waals surface area contributed by atoms with Crippen molar-refractivity contribution in [1.82, 2.24) is 5.01 Å². The summed E-state index contributed by atoms with van der Waals surface area (Å²) >= 11 is 0. The molecular formula is C6H12N4O3. The first-order chi connectivity index (χ1) is 6.02. The second kappa shape index (κ2) is 3.56. The van der Waals surface area contributed by atoms with Gasteiger partial charge in [-0.15, -0.1) is 5.01 Å². The summed E-state index contributed by atoms with van der Waals surface area (Å²) in [6.45, 7) is 0.137. The Morgan fingerprint density at radius 1 is 1.77 bits per heavy atom. The zero-order valence-corrected chi connectivity index (χ0v) is 7.01. The molecule has 1 rings (SSSR count). The van der Waals surface area contributed by atoms with Gasteiger partial charge in [-0.3, -0.25) is 5.41 Å². The normalized spacial score (nSPS) is 28.5. The number of nitro groups is 1. The van der Waals surface area contributed by atoms with E-state index in [4.69, 9.17) is 11.1 Å². The van der Waals surface area contributed by atoms with Gasteiger partial charge in [0, 0.05) is 6.42 Å². The van der Waals surface area contributed by atoms with Gasteiger partial charge in [-0.1, -0.05) is 0 Å². The minimum Gasteiger partial charge on any atom is -0.393 e. The first-order valence-corrected chi connectivity index (χ1v) is 3.95.